The summed E-state index contributed by atoms with van der Waals surface area (Å²) >= 11 is 5.87. The number of halogens is 2. The van der Waals surface area contributed by atoms with Crippen LogP contribution in [0.2, 0.25) is 5.02 Å². The van der Waals surface area contributed by atoms with Crippen molar-refractivity contribution < 1.29 is 13.9 Å². The highest BCUT2D eigenvalue weighted by Gasteiger charge is 2.17. The third kappa shape index (κ3) is 5.24. The Morgan fingerprint density at radius 1 is 1.62 bits per heavy atom. The van der Waals surface area contributed by atoms with Gasteiger partial charge in [-0.25, -0.2) is 4.39 Å². The van der Waals surface area contributed by atoms with Crippen molar-refractivity contribution in [2.75, 3.05) is 45.2 Å². The van der Waals surface area contributed by atoms with Crippen molar-refractivity contribution in [2.45, 2.75) is 6.10 Å². The fourth-order valence-electron chi connectivity index (χ4n) is 2.17. The Kier molecular flexibility index (Phi) is 5.93. The third-order valence-electron chi connectivity index (χ3n) is 3.14. The Hall–Kier alpha value is -1.21. The summed E-state index contributed by atoms with van der Waals surface area (Å²) in [5, 5.41) is 6.10. The number of morpholine rings is 1. The molecule has 1 fully saturated rings. The minimum atomic E-state index is -0.433. The maximum Gasteiger partial charge on any atom is 0.238 e. The van der Waals surface area contributed by atoms with Crippen LogP contribution >= 0.6 is 11.6 Å². The smallest absolute Gasteiger partial charge is 0.238 e. The van der Waals surface area contributed by atoms with Crippen LogP contribution in [-0.4, -0.2) is 56.7 Å². The second kappa shape index (κ2) is 7.70. The summed E-state index contributed by atoms with van der Waals surface area (Å²) in [6.07, 6.45) is 0.0889. The fourth-order valence-corrected chi connectivity index (χ4v) is 2.39. The van der Waals surface area contributed by atoms with Gasteiger partial charge in [0, 0.05) is 19.6 Å². The summed E-state index contributed by atoms with van der Waals surface area (Å²) in [5.74, 6) is -0.633. The van der Waals surface area contributed by atoms with Gasteiger partial charge in [0.2, 0.25) is 5.91 Å². The second-order valence-corrected chi connectivity index (χ2v) is 5.47. The van der Waals surface area contributed by atoms with Crippen molar-refractivity contribution in [3.8, 4) is 0 Å². The molecule has 1 unspecified atom stereocenters. The van der Waals surface area contributed by atoms with E-state index in [9.17, 15) is 9.18 Å². The predicted molar refractivity (Wildman–Crippen MR) is 80.1 cm³/mol. The molecule has 1 aliphatic heterocycles. The number of hydrogen-bond donors (Lipinski definition) is 2. The quantitative estimate of drug-likeness (QED) is 0.861. The summed E-state index contributed by atoms with van der Waals surface area (Å²) in [5.41, 5.74) is 0.409. The topological polar surface area (TPSA) is 53.6 Å². The summed E-state index contributed by atoms with van der Waals surface area (Å²) in [7, 11) is 1.85. The van der Waals surface area contributed by atoms with Gasteiger partial charge >= 0.3 is 0 Å². The van der Waals surface area contributed by atoms with Gasteiger partial charge in [0.25, 0.3) is 0 Å². The largest absolute Gasteiger partial charge is 0.374 e. The molecule has 1 aliphatic rings. The van der Waals surface area contributed by atoms with Crippen molar-refractivity contribution in [1.29, 1.82) is 0 Å². The molecule has 1 aromatic rings. The van der Waals surface area contributed by atoms with E-state index in [2.05, 4.69) is 10.6 Å². The number of benzene rings is 1. The SMILES string of the molecule is CN(CC(=O)Nc1ccc(F)cc1Cl)CC1CNCCO1. The van der Waals surface area contributed by atoms with Crippen LogP contribution in [0.1, 0.15) is 0 Å². The van der Waals surface area contributed by atoms with Crippen LogP contribution in [0.15, 0.2) is 18.2 Å². The number of nitrogens with one attached hydrogen (secondary N) is 2. The standard InChI is InChI=1S/C14H19ClFN3O2/c1-19(8-11-7-17-4-5-21-11)9-14(20)18-13-3-2-10(16)6-12(13)15/h2-3,6,11,17H,4-5,7-9H2,1H3,(H,18,20). The van der Waals surface area contributed by atoms with Crippen molar-refractivity contribution in [3.63, 3.8) is 0 Å². The zero-order valence-electron chi connectivity index (χ0n) is 11.9. The second-order valence-electron chi connectivity index (χ2n) is 5.07. The molecule has 1 saturated heterocycles. The molecule has 1 aromatic carbocycles. The summed E-state index contributed by atoms with van der Waals surface area (Å²) < 4.78 is 18.5. The van der Waals surface area contributed by atoms with Gasteiger partial charge in [-0.15, -0.1) is 0 Å². The first-order valence-corrected chi connectivity index (χ1v) is 7.18. The molecule has 0 radical (unpaired) electrons. The van der Waals surface area contributed by atoms with Crippen LogP contribution in [0.3, 0.4) is 0 Å². The molecule has 5 nitrogen and oxygen atoms in total. The van der Waals surface area contributed by atoms with Gasteiger partial charge in [0.1, 0.15) is 5.82 Å². The lowest BCUT2D eigenvalue weighted by Gasteiger charge is -2.27. The van der Waals surface area contributed by atoms with Gasteiger partial charge in [-0.05, 0) is 25.2 Å². The van der Waals surface area contributed by atoms with Crippen molar-refractivity contribution in [3.05, 3.63) is 29.0 Å². The molecule has 0 aromatic heterocycles. The fraction of sp³-hybridized carbons (Fsp3) is 0.500. The van der Waals surface area contributed by atoms with Gasteiger partial charge in [-0.3, -0.25) is 9.69 Å². The van der Waals surface area contributed by atoms with E-state index in [0.29, 0.717) is 18.8 Å². The lowest BCUT2D eigenvalue weighted by Crippen LogP contribution is -2.45. The number of likely N-dealkylation sites (N-methyl/N-ethyl adjacent to an activating group) is 1. The number of ether oxygens (including phenoxy) is 1. The summed E-state index contributed by atoms with van der Waals surface area (Å²) in [4.78, 5) is 13.8. The van der Waals surface area contributed by atoms with E-state index in [-0.39, 0.29) is 23.6 Å². The Bertz CT molecular complexity index is 495. The zero-order valence-corrected chi connectivity index (χ0v) is 12.6. The van der Waals surface area contributed by atoms with E-state index in [1.807, 2.05) is 11.9 Å². The molecular weight excluding hydrogens is 297 g/mol. The van der Waals surface area contributed by atoms with Gasteiger partial charge in [-0.1, -0.05) is 11.6 Å². The normalized spacial score (nSPS) is 18.8. The Labute approximate surface area is 128 Å². The molecule has 0 aliphatic carbocycles. The molecule has 7 heteroatoms. The summed E-state index contributed by atoms with van der Waals surface area (Å²) in [6.45, 7) is 3.22. The van der Waals surface area contributed by atoms with Crippen molar-refractivity contribution >= 4 is 23.2 Å². The van der Waals surface area contributed by atoms with E-state index >= 15 is 0 Å². The average Bonchev–Trinajstić information content (AvgIpc) is 2.43. The van der Waals surface area contributed by atoms with Gasteiger partial charge in [0.05, 0.1) is 30.0 Å². The van der Waals surface area contributed by atoms with E-state index in [0.717, 1.165) is 13.1 Å². The molecule has 2 N–H and O–H groups in total. The summed E-state index contributed by atoms with van der Waals surface area (Å²) in [6, 6.07) is 3.87. The molecule has 116 valence electrons. The monoisotopic (exact) mass is 315 g/mol. The molecule has 1 atom stereocenters. The first-order chi connectivity index (χ1) is 10.0. The highest BCUT2D eigenvalue weighted by Crippen LogP contribution is 2.22. The van der Waals surface area contributed by atoms with Crippen LogP contribution < -0.4 is 10.6 Å². The third-order valence-corrected chi connectivity index (χ3v) is 3.45. The Balaban J connectivity index is 1.80. The molecular formula is C14H19ClFN3O2. The van der Waals surface area contributed by atoms with E-state index < -0.39 is 5.82 Å². The van der Waals surface area contributed by atoms with Gasteiger partial charge in [-0.2, -0.15) is 0 Å². The molecule has 1 heterocycles. The molecule has 0 bridgehead atoms. The highest BCUT2D eigenvalue weighted by atomic mass is 35.5. The van der Waals surface area contributed by atoms with E-state index in [1.165, 1.54) is 18.2 Å². The minimum absolute atomic E-state index is 0.0889. The van der Waals surface area contributed by atoms with Crippen LogP contribution in [-0.2, 0) is 9.53 Å². The highest BCUT2D eigenvalue weighted by molar-refractivity contribution is 6.33. The maximum atomic E-state index is 12.9. The zero-order chi connectivity index (χ0) is 15.2. The number of carbonyl (C=O) groups excluding carboxylic acids is 1. The first kappa shape index (κ1) is 16.2. The number of anilines is 1. The number of nitrogens with zero attached hydrogens (tertiary/aromatic N) is 1. The van der Waals surface area contributed by atoms with Crippen LogP contribution in [0, 0.1) is 5.82 Å². The lowest BCUT2D eigenvalue weighted by molar-refractivity contribution is -0.117. The first-order valence-electron chi connectivity index (χ1n) is 6.80. The van der Waals surface area contributed by atoms with Crippen LogP contribution in [0.5, 0.6) is 0 Å². The van der Waals surface area contributed by atoms with Crippen molar-refractivity contribution in [2.24, 2.45) is 0 Å². The predicted octanol–water partition coefficient (Wildman–Crippen LogP) is 1.34. The van der Waals surface area contributed by atoms with Crippen LogP contribution in [0.25, 0.3) is 0 Å². The number of hydrogen-bond acceptors (Lipinski definition) is 4. The van der Waals surface area contributed by atoms with E-state index in [4.69, 9.17) is 16.3 Å². The molecule has 1 amide bonds. The van der Waals surface area contributed by atoms with E-state index in [1.54, 1.807) is 0 Å². The van der Waals surface area contributed by atoms with Crippen molar-refractivity contribution in [1.82, 2.24) is 10.2 Å². The average molecular weight is 316 g/mol. The molecule has 21 heavy (non-hydrogen) atoms. The van der Waals surface area contributed by atoms with Gasteiger partial charge < -0.3 is 15.4 Å². The van der Waals surface area contributed by atoms with Gasteiger partial charge in [0.15, 0.2) is 0 Å². The number of amides is 1. The minimum Gasteiger partial charge on any atom is -0.374 e. The Morgan fingerprint density at radius 2 is 2.43 bits per heavy atom. The maximum absolute atomic E-state index is 12.9. The Morgan fingerprint density at radius 3 is 3.10 bits per heavy atom. The molecule has 0 spiro atoms. The molecule has 0 saturated carbocycles. The number of carbonyl (C=O) groups is 1. The number of rotatable bonds is 5. The van der Waals surface area contributed by atoms with Crippen LogP contribution in [0.4, 0.5) is 10.1 Å². The lowest BCUT2D eigenvalue weighted by atomic mass is 10.3. The molecule has 2 rings (SSSR count).